The van der Waals surface area contributed by atoms with Crippen LogP contribution in [0.15, 0.2) is 24.3 Å². The summed E-state index contributed by atoms with van der Waals surface area (Å²) in [4.78, 5) is 14.0. The normalized spacial score (nSPS) is 19.2. The van der Waals surface area contributed by atoms with Crippen molar-refractivity contribution in [2.45, 2.75) is 32.7 Å². The highest BCUT2D eigenvalue weighted by Gasteiger charge is 2.25. The number of carbonyl (C=O) groups excluding carboxylic acids is 1. The number of hydrogen-bond acceptors (Lipinski definition) is 2. The van der Waals surface area contributed by atoms with E-state index in [1.165, 1.54) is 0 Å². The largest absolute Gasteiger partial charge is 0.491 e. The van der Waals surface area contributed by atoms with Gasteiger partial charge in [0.2, 0.25) is 5.91 Å². The molecule has 1 aliphatic rings. The highest BCUT2D eigenvalue weighted by molar-refractivity contribution is 5.76. The maximum absolute atomic E-state index is 12.0. The number of amides is 1. The quantitative estimate of drug-likeness (QED) is 0.786. The van der Waals surface area contributed by atoms with Gasteiger partial charge in [0.25, 0.3) is 0 Å². The first-order valence-corrected chi connectivity index (χ1v) is 6.25. The number of carbonyl (C=O) groups is 1. The van der Waals surface area contributed by atoms with Crippen LogP contribution >= 0.6 is 0 Å². The molecule has 0 N–H and O–H groups in total. The molecule has 1 aromatic rings. The molecule has 3 nitrogen and oxygen atoms in total. The minimum absolute atomic E-state index is 0.104. The van der Waals surface area contributed by atoms with Gasteiger partial charge in [-0.15, -0.1) is 0 Å². The van der Waals surface area contributed by atoms with Crippen molar-refractivity contribution in [2.75, 3.05) is 13.2 Å². The van der Waals surface area contributed by atoms with Crippen molar-refractivity contribution in [3.8, 4) is 5.75 Å². The van der Waals surface area contributed by atoms with Crippen LogP contribution in [0.1, 0.15) is 38.3 Å². The summed E-state index contributed by atoms with van der Waals surface area (Å²) in [6.07, 6.45) is 1.51. The molecule has 3 heteroatoms. The average Bonchev–Trinajstić information content (AvgIpc) is 2.50. The zero-order valence-electron chi connectivity index (χ0n) is 10.5. The smallest absolute Gasteiger partial charge is 0.223 e. The SMILES string of the molecule is CCCC(=O)N1CCOc2ccccc2C1C. The van der Waals surface area contributed by atoms with E-state index in [0.717, 1.165) is 17.7 Å². The zero-order chi connectivity index (χ0) is 12.3. The van der Waals surface area contributed by atoms with Crippen molar-refractivity contribution in [3.63, 3.8) is 0 Å². The maximum atomic E-state index is 12.0. The highest BCUT2D eigenvalue weighted by atomic mass is 16.5. The molecule has 0 fully saturated rings. The molecule has 1 heterocycles. The van der Waals surface area contributed by atoms with Crippen LogP contribution in [0, 0.1) is 0 Å². The molecule has 17 heavy (non-hydrogen) atoms. The lowest BCUT2D eigenvalue weighted by Gasteiger charge is -2.27. The Hall–Kier alpha value is -1.51. The monoisotopic (exact) mass is 233 g/mol. The number of fused-ring (bicyclic) bond motifs is 1. The molecule has 2 rings (SSSR count). The van der Waals surface area contributed by atoms with Gasteiger partial charge < -0.3 is 9.64 Å². The minimum Gasteiger partial charge on any atom is -0.491 e. The molecular weight excluding hydrogens is 214 g/mol. The molecule has 0 spiro atoms. The molecule has 0 saturated heterocycles. The van der Waals surface area contributed by atoms with Crippen LogP contribution in [-0.2, 0) is 4.79 Å². The summed E-state index contributed by atoms with van der Waals surface area (Å²) in [7, 11) is 0. The van der Waals surface area contributed by atoms with Gasteiger partial charge in [0, 0.05) is 12.0 Å². The van der Waals surface area contributed by atoms with Crippen molar-refractivity contribution in [3.05, 3.63) is 29.8 Å². The van der Waals surface area contributed by atoms with E-state index in [9.17, 15) is 4.79 Å². The Morgan fingerprint density at radius 3 is 3.00 bits per heavy atom. The highest BCUT2D eigenvalue weighted by Crippen LogP contribution is 2.31. The summed E-state index contributed by atoms with van der Waals surface area (Å²) in [6.45, 7) is 5.36. The summed E-state index contributed by atoms with van der Waals surface area (Å²) in [5, 5.41) is 0. The first-order chi connectivity index (χ1) is 8.24. The van der Waals surface area contributed by atoms with Gasteiger partial charge in [-0.25, -0.2) is 0 Å². The van der Waals surface area contributed by atoms with Crippen LogP contribution in [0.25, 0.3) is 0 Å². The number of ether oxygens (including phenoxy) is 1. The summed E-state index contributed by atoms with van der Waals surface area (Å²) in [6, 6.07) is 8.08. The van der Waals surface area contributed by atoms with E-state index in [2.05, 4.69) is 6.92 Å². The molecule has 0 aromatic heterocycles. The lowest BCUT2D eigenvalue weighted by Crippen LogP contribution is -2.34. The number of nitrogens with zero attached hydrogens (tertiary/aromatic N) is 1. The summed E-state index contributed by atoms with van der Waals surface area (Å²) in [5.74, 6) is 1.13. The first-order valence-electron chi connectivity index (χ1n) is 6.25. The van der Waals surface area contributed by atoms with Crippen molar-refractivity contribution >= 4 is 5.91 Å². The third-order valence-electron chi connectivity index (χ3n) is 3.21. The zero-order valence-corrected chi connectivity index (χ0v) is 10.5. The number of benzene rings is 1. The van der Waals surface area contributed by atoms with E-state index < -0.39 is 0 Å². The molecular formula is C14H19NO2. The second-order valence-electron chi connectivity index (χ2n) is 4.40. The Bertz CT molecular complexity index is 403. The van der Waals surface area contributed by atoms with E-state index in [1.807, 2.05) is 36.1 Å². The standard InChI is InChI=1S/C14H19NO2/c1-3-6-14(16)15-9-10-17-13-8-5-4-7-12(13)11(15)2/h4-5,7-8,11H,3,6,9-10H2,1-2H3. The number of para-hydroxylation sites is 1. The molecule has 1 unspecified atom stereocenters. The van der Waals surface area contributed by atoms with Gasteiger partial charge >= 0.3 is 0 Å². The van der Waals surface area contributed by atoms with E-state index in [4.69, 9.17) is 4.74 Å². The fraction of sp³-hybridized carbons (Fsp3) is 0.500. The fourth-order valence-corrected chi connectivity index (χ4v) is 2.27. The van der Waals surface area contributed by atoms with Crippen molar-refractivity contribution < 1.29 is 9.53 Å². The van der Waals surface area contributed by atoms with Gasteiger partial charge in [-0.1, -0.05) is 25.1 Å². The van der Waals surface area contributed by atoms with Crippen molar-refractivity contribution in [2.24, 2.45) is 0 Å². The van der Waals surface area contributed by atoms with Gasteiger partial charge in [-0.2, -0.15) is 0 Å². The lowest BCUT2D eigenvalue weighted by atomic mass is 10.1. The molecule has 0 radical (unpaired) electrons. The third kappa shape index (κ3) is 2.43. The second-order valence-corrected chi connectivity index (χ2v) is 4.40. The predicted octanol–water partition coefficient (Wildman–Crippen LogP) is 2.77. The maximum Gasteiger partial charge on any atom is 0.223 e. The van der Waals surface area contributed by atoms with Crippen LogP contribution in [0.2, 0.25) is 0 Å². The van der Waals surface area contributed by atoms with Crippen LogP contribution in [0.4, 0.5) is 0 Å². The Balaban J connectivity index is 2.25. The van der Waals surface area contributed by atoms with Crippen molar-refractivity contribution in [1.29, 1.82) is 0 Å². The Morgan fingerprint density at radius 1 is 1.47 bits per heavy atom. The van der Waals surface area contributed by atoms with Crippen LogP contribution < -0.4 is 4.74 Å². The molecule has 92 valence electrons. The summed E-state index contributed by atoms with van der Waals surface area (Å²) >= 11 is 0. The Kier molecular flexibility index (Phi) is 3.67. The fourth-order valence-electron chi connectivity index (χ4n) is 2.27. The van der Waals surface area contributed by atoms with E-state index >= 15 is 0 Å². The van der Waals surface area contributed by atoms with E-state index in [-0.39, 0.29) is 11.9 Å². The minimum atomic E-state index is 0.104. The van der Waals surface area contributed by atoms with Gasteiger partial charge in [0.1, 0.15) is 12.4 Å². The van der Waals surface area contributed by atoms with Crippen LogP contribution in [0.5, 0.6) is 5.75 Å². The second kappa shape index (κ2) is 5.21. The number of rotatable bonds is 2. The van der Waals surface area contributed by atoms with Gasteiger partial charge in [-0.05, 0) is 19.4 Å². The molecule has 0 bridgehead atoms. The molecule has 0 saturated carbocycles. The summed E-state index contributed by atoms with van der Waals surface area (Å²) < 4.78 is 5.68. The third-order valence-corrected chi connectivity index (χ3v) is 3.21. The Labute approximate surface area is 102 Å². The molecule has 1 atom stereocenters. The van der Waals surface area contributed by atoms with Gasteiger partial charge in [0.05, 0.1) is 12.6 Å². The van der Waals surface area contributed by atoms with E-state index in [1.54, 1.807) is 0 Å². The molecule has 1 amide bonds. The molecule has 1 aromatic carbocycles. The van der Waals surface area contributed by atoms with Crippen molar-refractivity contribution in [1.82, 2.24) is 4.90 Å². The molecule has 0 aliphatic carbocycles. The van der Waals surface area contributed by atoms with Gasteiger partial charge in [-0.3, -0.25) is 4.79 Å². The first kappa shape index (κ1) is 12.0. The van der Waals surface area contributed by atoms with E-state index in [0.29, 0.717) is 19.6 Å². The lowest BCUT2D eigenvalue weighted by molar-refractivity contribution is -0.133. The van der Waals surface area contributed by atoms with Gasteiger partial charge in [0.15, 0.2) is 0 Å². The molecule has 1 aliphatic heterocycles. The van der Waals surface area contributed by atoms with Crippen LogP contribution in [0.3, 0.4) is 0 Å². The number of hydrogen-bond donors (Lipinski definition) is 0. The Morgan fingerprint density at radius 2 is 2.24 bits per heavy atom. The predicted molar refractivity (Wildman–Crippen MR) is 67.0 cm³/mol. The average molecular weight is 233 g/mol. The summed E-state index contributed by atoms with van der Waals surface area (Å²) in [5.41, 5.74) is 1.11. The van der Waals surface area contributed by atoms with Crippen LogP contribution in [-0.4, -0.2) is 24.0 Å². The topological polar surface area (TPSA) is 29.5 Å².